The van der Waals surface area contributed by atoms with Crippen LogP contribution < -0.4 is 19.5 Å². The van der Waals surface area contributed by atoms with Crippen molar-refractivity contribution in [1.82, 2.24) is 4.72 Å². The highest BCUT2D eigenvalue weighted by Crippen LogP contribution is 2.34. The summed E-state index contributed by atoms with van der Waals surface area (Å²) in [6.45, 7) is 3.83. The molecule has 0 aliphatic carbocycles. The van der Waals surface area contributed by atoms with Crippen LogP contribution in [0, 0.1) is 0 Å². The Kier molecular flexibility index (Phi) is 5.15. The largest absolute Gasteiger partial charge is 0.454 e. The molecule has 1 heterocycles. The average molecular weight is 376 g/mol. The van der Waals surface area contributed by atoms with Crippen molar-refractivity contribution in [2.24, 2.45) is 0 Å². The fraction of sp³-hybridized carbons (Fsp3) is 0.278. The van der Waals surface area contributed by atoms with Gasteiger partial charge in [-0.25, -0.2) is 13.1 Å². The van der Waals surface area contributed by atoms with Gasteiger partial charge in [-0.15, -0.1) is 0 Å². The van der Waals surface area contributed by atoms with Gasteiger partial charge < -0.3 is 14.8 Å². The van der Waals surface area contributed by atoms with E-state index in [0.717, 1.165) is 5.56 Å². The maximum absolute atomic E-state index is 12.3. The topological polar surface area (TPSA) is 93.7 Å². The SMILES string of the molecule is CC(C)c1ccc(S(=O)(=O)NCC(=O)Nc2ccc3c(c2)OCO3)cc1. The van der Waals surface area contributed by atoms with E-state index in [9.17, 15) is 13.2 Å². The molecule has 0 aromatic heterocycles. The molecule has 1 aliphatic rings. The summed E-state index contributed by atoms with van der Waals surface area (Å²) in [6, 6.07) is 11.6. The summed E-state index contributed by atoms with van der Waals surface area (Å²) < 4.78 is 37.3. The molecule has 2 aromatic carbocycles. The molecule has 0 atom stereocenters. The second kappa shape index (κ2) is 7.35. The highest BCUT2D eigenvalue weighted by molar-refractivity contribution is 7.89. The van der Waals surface area contributed by atoms with Crippen LogP contribution in [0.5, 0.6) is 11.5 Å². The number of carbonyl (C=O) groups excluding carboxylic acids is 1. The fourth-order valence-corrected chi connectivity index (χ4v) is 3.44. The molecule has 2 N–H and O–H groups in total. The number of anilines is 1. The molecule has 26 heavy (non-hydrogen) atoms. The first kappa shape index (κ1) is 18.2. The second-order valence-electron chi connectivity index (χ2n) is 6.16. The number of nitrogens with one attached hydrogen (secondary N) is 2. The smallest absolute Gasteiger partial charge is 0.241 e. The molecular formula is C18H20N2O5S. The Hall–Kier alpha value is -2.58. The molecule has 0 spiro atoms. The van der Waals surface area contributed by atoms with Crippen LogP contribution in [0.4, 0.5) is 5.69 Å². The lowest BCUT2D eigenvalue weighted by atomic mass is 10.0. The van der Waals surface area contributed by atoms with Crippen molar-refractivity contribution in [3.05, 3.63) is 48.0 Å². The Labute approximate surface area is 152 Å². The van der Waals surface area contributed by atoms with Crippen LogP contribution in [0.3, 0.4) is 0 Å². The highest BCUT2D eigenvalue weighted by atomic mass is 32.2. The fourth-order valence-electron chi connectivity index (χ4n) is 2.46. The minimum absolute atomic E-state index is 0.123. The summed E-state index contributed by atoms with van der Waals surface area (Å²) >= 11 is 0. The number of ether oxygens (including phenoxy) is 2. The molecule has 2 aromatic rings. The van der Waals surface area contributed by atoms with Crippen LogP contribution in [0.1, 0.15) is 25.3 Å². The Morgan fingerprint density at radius 2 is 1.77 bits per heavy atom. The van der Waals surface area contributed by atoms with Gasteiger partial charge in [0.15, 0.2) is 11.5 Å². The summed E-state index contributed by atoms with van der Waals surface area (Å²) in [4.78, 5) is 12.1. The molecule has 138 valence electrons. The minimum atomic E-state index is -3.76. The summed E-state index contributed by atoms with van der Waals surface area (Å²) in [7, 11) is -3.76. The maximum atomic E-state index is 12.3. The van der Waals surface area contributed by atoms with E-state index in [1.165, 1.54) is 12.1 Å². The van der Waals surface area contributed by atoms with Gasteiger partial charge in [-0.1, -0.05) is 26.0 Å². The molecular weight excluding hydrogens is 356 g/mol. The molecule has 8 heteroatoms. The number of hydrogen-bond donors (Lipinski definition) is 2. The third kappa shape index (κ3) is 4.14. The average Bonchev–Trinajstić information content (AvgIpc) is 3.08. The number of rotatable bonds is 6. The lowest BCUT2D eigenvalue weighted by Crippen LogP contribution is -2.32. The highest BCUT2D eigenvalue weighted by Gasteiger charge is 2.17. The van der Waals surface area contributed by atoms with E-state index >= 15 is 0 Å². The van der Waals surface area contributed by atoms with Gasteiger partial charge in [-0.3, -0.25) is 4.79 Å². The van der Waals surface area contributed by atoms with Crippen LogP contribution >= 0.6 is 0 Å². The number of amides is 1. The van der Waals surface area contributed by atoms with E-state index in [4.69, 9.17) is 9.47 Å². The summed E-state index contributed by atoms with van der Waals surface area (Å²) in [5.41, 5.74) is 1.55. The van der Waals surface area contributed by atoms with Gasteiger partial charge >= 0.3 is 0 Å². The lowest BCUT2D eigenvalue weighted by molar-refractivity contribution is -0.115. The van der Waals surface area contributed by atoms with Crippen LogP contribution in [0.25, 0.3) is 0 Å². The monoisotopic (exact) mass is 376 g/mol. The van der Waals surface area contributed by atoms with Crippen LogP contribution in [0.2, 0.25) is 0 Å². The van der Waals surface area contributed by atoms with Gasteiger partial charge in [-0.05, 0) is 35.7 Å². The molecule has 0 saturated carbocycles. The van der Waals surface area contributed by atoms with Gasteiger partial charge in [0.1, 0.15) is 0 Å². The summed E-state index contributed by atoms with van der Waals surface area (Å²) in [5, 5.41) is 2.62. The maximum Gasteiger partial charge on any atom is 0.241 e. The van der Waals surface area contributed by atoms with E-state index in [2.05, 4.69) is 10.0 Å². The Morgan fingerprint density at radius 1 is 1.08 bits per heavy atom. The van der Waals surface area contributed by atoms with Crippen LogP contribution in [-0.2, 0) is 14.8 Å². The quantitative estimate of drug-likeness (QED) is 0.808. The van der Waals surface area contributed by atoms with Crippen LogP contribution in [0.15, 0.2) is 47.4 Å². The normalized spacial score (nSPS) is 13.0. The molecule has 0 fully saturated rings. The Balaban J connectivity index is 1.59. The van der Waals surface area contributed by atoms with Crippen molar-refractivity contribution in [2.45, 2.75) is 24.7 Å². The van der Waals surface area contributed by atoms with E-state index in [1.54, 1.807) is 30.3 Å². The predicted molar refractivity (Wildman–Crippen MR) is 96.9 cm³/mol. The third-order valence-corrected chi connectivity index (χ3v) is 5.35. The molecule has 3 rings (SSSR count). The molecule has 1 amide bonds. The minimum Gasteiger partial charge on any atom is -0.454 e. The van der Waals surface area contributed by atoms with Crippen molar-refractivity contribution in [3.63, 3.8) is 0 Å². The number of fused-ring (bicyclic) bond motifs is 1. The number of benzene rings is 2. The molecule has 0 bridgehead atoms. The molecule has 0 saturated heterocycles. The predicted octanol–water partition coefficient (Wildman–Crippen LogP) is 2.46. The molecule has 0 radical (unpaired) electrons. The van der Waals surface area contributed by atoms with Gasteiger partial charge in [0.25, 0.3) is 0 Å². The van der Waals surface area contributed by atoms with E-state index in [-0.39, 0.29) is 18.2 Å². The molecule has 0 unspecified atom stereocenters. The van der Waals surface area contributed by atoms with Crippen molar-refractivity contribution >= 4 is 21.6 Å². The first-order valence-corrected chi connectivity index (χ1v) is 9.62. The Morgan fingerprint density at radius 3 is 2.46 bits per heavy atom. The zero-order chi connectivity index (χ0) is 18.7. The summed E-state index contributed by atoms with van der Waals surface area (Å²) in [6.07, 6.45) is 0. The van der Waals surface area contributed by atoms with Gasteiger partial charge in [-0.2, -0.15) is 0 Å². The Bertz CT molecular complexity index is 908. The summed E-state index contributed by atoms with van der Waals surface area (Å²) in [5.74, 6) is 0.973. The van der Waals surface area contributed by atoms with E-state index in [1.807, 2.05) is 13.8 Å². The zero-order valence-electron chi connectivity index (χ0n) is 14.5. The third-order valence-electron chi connectivity index (χ3n) is 3.94. The van der Waals surface area contributed by atoms with Crippen molar-refractivity contribution < 1.29 is 22.7 Å². The first-order chi connectivity index (χ1) is 12.3. The van der Waals surface area contributed by atoms with Gasteiger partial charge in [0.05, 0.1) is 11.4 Å². The zero-order valence-corrected chi connectivity index (χ0v) is 15.3. The van der Waals surface area contributed by atoms with Crippen LogP contribution in [-0.4, -0.2) is 27.7 Å². The van der Waals surface area contributed by atoms with Crippen molar-refractivity contribution in [2.75, 3.05) is 18.7 Å². The standard InChI is InChI=1S/C18H20N2O5S/c1-12(2)13-3-6-15(7-4-13)26(22,23)19-10-18(21)20-14-5-8-16-17(9-14)25-11-24-16/h3-9,12,19H,10-11H2,1-2H3,(H,20,21). The molecule has 1 aliphatic heterocycles. The van der Waals surface area contributed by atoms with E-state index < -0.39 is 15.9 Å². The van der Waals surface area contributed by atoms with Gasteiger partial charge in [0.2, 0.25) is 22.7 Å². The van der Waals surface area contributed by atoms with Crippen molar-refractivity contribution in [1.29, 1.82) is 0 Å². The number of hydrogen-bond acceptors (Lipinski definition) is 5. The molecule has 7 nitrogen and oxygen atoms in total. The van der Waals surface area contributed by atoms with Crippen molar-refractivity contribution in [3.8, 4) is 11.5 Å². The van der Waals surface area contributed by atoms with E-state index in [0.29, 0.717) is 23.1 Å². The number of carbonyl (C=O) groups is 1. The number of sulfonamides is 1. The first-order valence-electron chi connectivity index (χ1n) is 8.14. The second-order valence-corrected chi connectivity index (χ2v) is 7.93. The van der Waals surface area contributed by atoms with Gasteiger partial charge in [0, 0.05) is 11.8 Å². The lowest BCUT2D eigenvalue weighted by Gasteiger charge is -2.10.